The maximum atomic E-state index is 5.76. The maximum Gasteiger partial charge on any atom is 0.0365 e. The molecule has 0 nitrogen and oxygen atoms in total. The Bertz CT molecular complexity index is 165. The number of hydrogen-bond donors (Lipinski definition) is 0. The molecular formula is C8H11Cl. The van der Waals surface area contributed by atoms with Gasteiger partial charge in [0.05, 0.1) is 0 Å². The van der Waals surface area contributed by atoms with Crippen molar-refractivity contribution in [1.82, 2.24) is 0 Å². The third-order valence-electron chi connectivity index (χ3n) is 1.81. The summed E-state index contributed by atoms with van der Waals surface area (Å²) in [6, 6.07) is 0. The monoisotopic (exact) mass is 142 g/mol. The lowest BCUT2D eigenvalue weighted by Crippen LogP contribution is -1.98. The van der Waals surface area contributed by atoms with Crippen LogP contribution in [0.25, 0.3) is 0 Å². The second kappa shape index (κ2) is 2.57. The highest BCUT2D eigenvalue weighted by Crippen LogP contribution is 2.24. The van der Waals surface area contributed by atoms with Crippen LogP contribution in [0, 0.1) is 5.92 Å². The third kappa shape index (κ3) is 1.59. The predicted molar refractivity (Wildman–Crippen MR) is 41.5 cm³/mol. The number of halogens is 1. The quantitative estimate of drug-likeness (QED) is 0.488. The highest BCUT2D eigenvalue weighted by atomic mass is 35.5. The molecule has 0 aromatic carbocycles. The van der Waals surface area contributed by atoms with Gasteiger partial charge in [0.2, 0.25) is 0 Å². The van der Waals surface area contributed by atoms with Gasteiger partial charge in [-0.25, -0.2) is 0 Å². The zero-order valence-electron chi connectivity index (χ0n) is 5.82. The van der Waals surface area contributed by atoms with Gasteiger partial charge in [-0.1, -0.05) is 30.2 Å². The summed E-state index contributed by atoms with van der Waals surface area (Å²) >= 11 is 5.76. The van der Waals surface area contributed by atoms with Gasteiger partial charge in [-0.2, -0.15) is 0 Å². The van der Waals surface area contributed by atoms with Crippen LogP contribution in [0.15, 0.2) is 22.8 Å². The van der Waals surface area contributed by atoms with Gasteiger partial charge >= 0.3 is 0 Å². The SMILES string of the molecule is CC1=CC(Cl)=CCC1C. The molecule has 0 N–H and O–H groups in total. The van der Waals surface area contributed by atoms with Crippen LogP contribution >= 0.6 is 11.6 Å². The zero-order valence-corrected chi connectivity index (χ0v) is 6.57. The second-order valence-electron chi connectivity index (χ2n) is 2.61. The van der Waals surface area contributed by atoms with Crippen LogP contribution in [0.3, 0.4) is 0 Å². The Morgan fingerprint density at radius 3 is 2.78 bits per heavy atom. The standard InChI is InChI=1S/C8H11Cl/c1-6-3-4-8(9)5-7(6)2/h4-6H,3H2,1-2H3. The topological polar surface area (TPSA) is 0 Å². The molecule has 0 aromatic rings. The molecule has 0 radical (unpaired) electrons. The summed E-state index contributed by atoms with van der Waals surface area (Å²) < 4.78 is 0. The van der Waals surface area contributed by atoms with E-state index in [9.17, 15) is 0 Å². The van der Waals surface area contributed by atoms with E-state index in [1.54, 1.807) is 0 Å². The molecular weight excluding hydrogens is 132 g/mol. The minimum absolute atomic E-state index is 0.687. The molecule has 1 aliphatic rings. The van der Waals surface area contributed by atoms with Crippen molar-refractivity contribution in [1.29, 1.82) is 0 Å². The van der Waals surface area contributed by atoms with E-state index in [0.717, 1.165) is 11.5 Å². The Morgan fingerprint density at radius 1 is 1.67 bits per heavy atom. The molecule has 1 aliphatic carbocycles. The molecule has 0 amide bonds. The van der Waals surface area contributed by atoms with Crippen LogP contribution in [0.1, 0.15) is 20.3 Å². The van der Waals surface area contributed by atoms with Crippen LogP contribution in [-0.4, -0.2) is 0 Å². The second-order valence-corrected chi connectivity index (χ2v) is 3.05. The van der Waals surface area contributed by atoms with Crippen molar-refractivity contribution in [3.63, 3.8) is 0 Å². The fraction of sp³-hybridized carbons (Fsp3) is 0.500. The van der Waals surface area contributed by atoms with Crippen molar-refractivity contribution in [2.24, 2.45) is 5.92 Å². The molecule has 1 unspecified atom stereocenters. The van der Waals surface area contributed by atoms with Gasteiger partial charge in [0.15, 0.2) is 0 Å². The zero-order chi connectivity index (χ0) is 6.85. The average molecular weight is 143 g/mol. The molecule has 1 heteroatoms. The van der Waals surface area contributed by atoms with Gasteiger partial charge in [-0.15, -0.1) is 0 Å². The first-order valence-electron chi connectivity index (χ1n) is 3.24. The highest BCUT2D eigenvalue weighted by Gasteiger charge is 2.06. The van der Waals surface area contributed by atoms with Gasteiger partial charge in [0, 0.05) is 5.03 Å². The van der Waals surface area contributed by atoms with E-state index >= 15 is 0 Å². The van der Waals surface area contributed by atoms with E-state index in [4.69, 9.17) is 11.6 Å². The number of rotatable bonds is 0. The van der Waals surface area contributed by atoms with E-state index < -0.39 is 0 Å². The van der Waals surface area contributed by atoms with Crippen LogP contribution < -0.4 is 0 Å². The molecule has 0 aromatic heterocycles. The Morgan fingerprint density at radius 2 is 2.33 bits per heavy atom. The van der Waals surface area contributed by atoms with Gasteiger partial charge in [-0.05, 0) is 25.3 Å². The van der Waals surface area contributed by atoms with Crippen molar-refractivity contribution in [3.05, 3.63) is 22.8 Å². The molecule has 1 atom stereocenters. The Balaban J connectivity index is 2.74. The normalized spacial score (nSPS) is 27.2. The first kappa shape index (κ1) is 6.88. The average Bonchev–Trinajstić information content (AvgIpc) is 1.80. The molecule has 50 valence electrons. The van der Waals surface area contributed by atoms with Crippen LogP contribution in [-0.2, 0) is 0 Å². The molecule has 0 spiro atoms. The number of allylic oxidation sites excluding steroid dienone is 4. The van der Waals surface area contributed by atoms with Crippen molar-refractivity contribution in [2.45, 2.75) is 20.3 Å². The van der Waals surface area contributed by atoms with Gasteiger partial charge in [0.1, 0.15) is 0 Å². The summed E-state index contributed by atoms with van der Waals surface area (Å²) in [5, 5.41) is 0.894. The Hall–Kier alpha value is -0.230. The smallest absolute Gasteiger partial charge is 0.0365 e. The maximum absolute atomic E-state index is 5.76. The van der Waals surface area contributed by atoms with Crippen LogP contribution in [0.2, 0.25) is 0 Å². The lowest BCUT2D eigenvalue weighted by molar-refractivity contribution is 0.685. The summed E-state index contributed by atoms with van der Waals surface area (Å²) in [5.74, 6) is 0.687. The molecule has 9 heavy (non-hydrogen) atoms. The van der Waals surface area contributed by atoms with Crippen LogP contribution in [0.5, 0.6) is 0 Å². The molecule has 0 heterocycles. The van der Waals surface area contributed by atoms with E-state index in [1.807, 2.05) is 6.08 Å². The molecule has 0 fully saturated rings. The molecule has 0 saturated carbocycles. The summed E-state index contributed by atoms with van der Waals surface area (Å²) in [7, 11) is 0. The first-order chi connectivity index (χ1) is 4.20. The van der Waals surface area contributed by atoms with Gasteiger partial charge < -0.3 is 0 Å². The van der Waals surface area contributed by atoms with Crippen molar-refractivity contribution >= 4 is 11.6 Å². The van der Waals surface area contributed by atoms with E-state index in [0.29, 0.717) is 5.92 Å². The highest BCUT2D eigenvalue weighted by molar-refractivity contribution is 6.31. The van der Waals surface area contributed by atoms with Crippen molar-refractivity contribution in [3.8, 4) is 0 Å². The van der Waals surface area contributed by atoms with Gasteiger partial charge in [0.25, 0.3) is 0 Å². The fourth-order valence-electron chi connectivity index (χ4n) is 0.894. The lowest BCUT2D eigenvalue weighted by atomic mass is 9.95. The largest absolute Gasteiger partial charge is 0.0847 e. The third-order valence-corrected chi connectivity index (χ3v) is 2.07. The Labute approximate surface area is 61.2 Å². The summed E-state index contributed by atoms with van der Waals surface area (Å²) in [6.45, 7) is 4.34. The minimum Gasteiger partial charge on any atom is -0.0847 e. The van der Waals surface area contributed by atoms with E-state index in [2.05, 4.69) is 19.9 Å². The predicted octanol–water partition coefficient (Wildman–Crippen LogP) is 3.10. The van der Waals surface area contributed by atoms with Gasteiger partial charge in [-0.3, -0.25) is 0 Å². The number of hydrogen-bond acceptors (Lipinski definition) is 0. The van der Waals surface area contributed by atoms with E-state index in [1.165, 1.54) is 5.57 Å². The van der Waals surface area contributed by atoms with Crippen molar-refractivity contribution < 1.29 is 0 Å². The molecule has 0 aliphatic heterocycles. The molecule has 0 bridgehead atoms. The van der Waals surface area contributed by atoms with E-state index in [-0.39, 0.29) is 0 Å². The molecule has 1 rings (SSSR count). The van der Waals surface area contributed by atoms with Crippen LogP contribution in [0.4, 0.5) is 0 Å². The fourth-order valence-corrected chi connectivity index (χ4v) is 1.16. The lowest BCUT2D eigenvalue weighted by Gasteiger charge is -2.13. The molecule has 0 saturated heterocycles. The van der Waals surface area contributed by atoms with Crippen molar-refractivity contribution in [2.75, 3.05) is 0 Å². The first-order valence-corrected chi connectivity index (χ1v) is 3.62. The minimum atomic E-state index is 0.687. The summed E-state index contributed by atoms with van der Waals surface area (Å²) in [5.41, 5.74) is 1.39. The summed E-state index contributed by atoms with van der Waals surface area (Å²) in [6.07, 6.45) is 5.20. The summed E-state index contributed by atoms with van der Waals surface area (Å²) in [4.78, 5) is 0. The Kier molecular flexibility index (Phi) is 1.97.